The van der Waals surface area contributed by atoms with Gasteiger partial charge in [0, 0.05) is 31.4 Å². The summed E-state index contributed by atoms with van der Waals surface area (Å²) in [4.78, 5) is 2.37. The van der Waals surface area contributed by atoms with Crippen LogP contribution in [0.25, 0.3) is 0 Å². The summed E-state index contributed by atoms with van der Waals surface area (Å²) >= 11 is 0. The van der Waals surface area contributed by atoms with Gasteiger partial charge in [-0.1, -0.05) is 6.92 Å². The van der Waals surface area contributed by atoms with Crippen molar-refractivity contribution < 1.29 is 4.74 Å². The van der Waals surface area contributed by atoms with E-state index in [9.17, 15) is 0 Å². The van der Waals surface area contributed by atoms with Crippen LogP contribution in [-0.4, -0.2) is 54.1 Å². The average molecular weight is 252 g/mol. The maximum atomic E-state index is 5.94. The molecule has 2 rings (SSSR count). The molecule has 0 amide bonds. The van der Waals surface area contributed by atoms with Crippen LogP contribution < -0.4 is 5.32 Å². The molecule has 1 fully saturated rings. The third kappa shape index (κ3) is 2.58. The molecule has 2 unspecified atom stereocenters. The van der Waals surface area contributed by atoms with E-state index in [1.807, 2.05) is 17.9 Å². The molecule has 0 radical (unpaired) electrons. The molecule has 0 bridgehead atoms. The Kier molecular flexibility index (Phi) is 4.37. The fraction of sp³-hybridized carbons (Fsp3) is 0.769. The van der Waals surface area contributed by atoms with E-state index in [0.29, 0.717) is 6.04 Å². The molecule has 102 valence electrons. The van der Waals surface area contributed by atoms with Gasteiger partial charge in [0.2, 0.25) is 0 Å². The lowest BCUT2D eigenvalue weighted by molar-refractivity contribution is -0.0613. The molecule has 0 spiro atoms. The largest absolute Gasteiger partial charge is 0.374 e. The zero-order chi connectivity index (χ0) is 13.1. The van der Waals surface area contributed by atoms with Crippen molar-refractivity contribution in [3.05, 3.63) is 17.5 Å². The predicted molar refractivity (Wildman–Crippen MR) is 71.6 cm³/mol. The number of aromatic nitrogens is 2. The highest BCUT2D eigenvalue weighted by molar-refractivity contribution is 5.22. The number of ether oxygens (including phenoxy) is 1. The fourth-order valence-corrected chi connectivity index (χ4v) is 2.56. The minimum atomic E-state index is 0.201. The Hall–Kier alpha value is -0.910. The van der Waals surface area contributed by atoms with Gasteiger partial charge in [-0.2, -0.15) is 5.10 Å². The van der Waals surface area contributed by atoms with Crippen LogP contribution in [0.4, 0.5) is 0 Å². The molecule has 5 nitrogen and oxygen atoms in total. The van der Waals surface area contributed by atoms with Gasteiger partial charge in [-0.3, -0.25) is 9.58 Å². The van der Waals surface area contributed by atoms with E-state index in [4.69, 9.17) is 4.74 Å². The van der Waals surface area contributed by atoms with Gasteiger partial charge in [0.25, 0.3) is 0 Å². The maximum absolute atomic E-state index is 5.94. The number of nitrogens with one attached hydrogen (secondary N) is 1. The summed E-state index contributed by atoms with van der Waals surface area (Å²) in [5.74, 6) is 0. The van der Waals surface area contributed by atoms with Gasteiger partial charge < -0.3 is 10.1 Å². The molecule has 1 aromatic heterocycles. The van der Waals surface area contributed by atoms with Crippen molar-refractivity contribution in [3.8, 4) is 0 Å². The number of rotatable bonds is 4. The van der Waals surface area contributed by atoms with E-state index >= 15 is 0 Å². The smallest absolute Gasteiger partial charge is 0.0897 e. The monoisotopic (exact) mass is 252 g/mol. The summed E-state index contributed by atoms with van der Waals surface area (Å²) in [7, 11) is 4.15. The summed E-state index contributed by atoms with van der Waals surface area (Å²) in [6, 6.07) is 0.298. The first kappa shape index (κ1) is 13.5. The summed E-state index contributed by atoms with van der Waals surface area (Å²) in [6.45, 7) is 7.89. The van der Waals surface area contributed by atoms with Gasteiger partial charge in [-0.15, -0.1) is 0 Å². The average Bonchev–Trinajstić information content (AvgIpc) is 2.68. The second kappa shape index (κ2) is 5.82. The van der Waals surface area contributed by atoms with Gasteiger partial charge in [-0.05, 0) is 20.5 Å². The molecular formula is C13H24N4O. The number of hydrogen-bond acceptors (Lipinski definition) is 4. The summed E-state index contributed by atoms with van der Waals surface area (Å²) in [5, 5.41) is 7.74. The van der Waals surface area contributed by atoms with E-state index in [-0.39, 0.29) is 6.10 Å². The van der Waals surface area contributed by atoms with Gasteiger partial charge in [0.05, 0.1) is 24.9 Å². The van der Waals surface area contributed by atoms with Crippen LogP contribution in [0.3, 0.4) is 0 Å². The molecule has 1 aromatic rings. The standard InChI is InChI=1S/C13H24N4O/c1-5-14-9-12-13(16(3)6-7-18-12)11-8-15-17(4)10(11)2/h8,12-14H,5-7,9H2,1-4H3. The van der Waals surface area contributed by atoms with E-state index in [0.717, 1.165) is 26.2 Å². The number of hydrogen-bond donors (Lipinski definition) is 1. The highest BCUT2D eigenvalue weighted by atomic mass is 16.5. The molecule has 0 aliphatic carbocycles. The second-order valence-corrected chi connectivity index (χ2v) is 4.95. The lowest BCUT2D eigenvalue weighted by Crippen LogP contribution is -2.47. The molecule has 0 saturated carbocycles. The quantitative estimate of drug-likeness (QED) is 0.857. The normalized spacial score (nSPS) is 25.6. The van der Waals surface area contributed by atoms with Crippen LogP contribution in [0.1, 0.15) is 24.2 Å². The van der Waals surface area contributed by atoms with Gasteiger partial charge >= 0.3 is 0 Å². The molecule has 2 heterocycles. The Morgan fingerprint density at radius 3 is 2.89 bits per heavy atom. The second-order valence-electron chi connectivity index (χ2n) is 4.95. The minimum Gasteiger partial charge on any atom is -0.374 e. The van der Waals surface area contributed by atoms with E-state index < -0.39 is 0 Å². The Morgan fingerprint density at radius 2 is 2.28 bits per heavy atom. The number of nitrogens with zero attached hydrogens (tertiary/aromatic N) is 3. The topological polar surface area (TPSA) is 42.3 Å². The van der Waals surface area contributed by atoms with E-state index in [2.05, 4.69) is 36.2 Å². The van der Waals surface area contributed by atoms with Crippen LogP contribution in [0.5, 0.6) is 0 Å². The summed E-state index contributed by atoms with van der Waals surface area (Å²) in [6.07, 6.45) is 2.18. The minimum absolute atomic E-state index is 0.201. The number of likely N-dealkylation sites (N-methyl/N-ethyl adjacent to an activating group) is 2. The van der Waals surface area contributed by atoms with Crippen molar-refractivity contribution in [2.75, 3.05) is 33.3 Å². The zero-order valence-electron chi connectivity index (χ0n) is 11.8. The number of morpholine rings is 1. The first-order valence-electron chi connectivity index (χ1n) is 6.66. The van der Waals surface area contributed by atoms with Crippen LogP contribution in [-0.2, 0) is 11.8 Å². The SMILES string of the molecule is CCNCC1OCCN(C)C1c1cnn(C)c1C. The molecule has 2 atom stereocenters. The number of aryl methyl sites for hydroxylation is 1. The van der Waals surface area contributed by atoms with Gasteiger partial charge in [-0.25, -0.2) is 0 Å². The highest BCUT2D eigenvalue weighted by Crippen LogP contribution is 2.29. The molecule has 18 heavy (non-hydrogen) atoms. The predicted octanol–water partition coefficient (Wildman–Crippen LogP) is 0.710. The first-order valence-corrected chi connectivity index (χ1v) is 6.66. The summed E-state index contributed by atoms with van der Waals surface area (Å²) < 4.78 is 7.87. The van der Waals surface area contributed by atoms with Crippen molar-refractivity contribution >= 4 is 0 Å². The maximum Gasteiger partial charge on any atom is 0.0897 e. The van der Waals surface area contributed by atoms with Crippen molar-refractivity contribution in [2.24, 2.45) is 7.05 Å². The molecule has 1 saturated heterocycles. The van der Waals surface area contributed by atoms with Crippen LogP contribution in [0.2, 0.25) is 0 Å². The van der Waals surface area contributed by atoms with E-state index in [1.165, 1.54) is 11.3 Å². The fourth-order valence-electron chi connectivity index (χ4n) is 2.56. The molecular weight excluding hydrogens is 228 g/mol. The molecule has 0 aromatic carbocycles. The third-order valence-electron chi connectivity index (χ3n) is 3.79. The highest BCUT2D eigenvalue weighted by Gasteiger charge is 2.33. The molecule has 5 heteroatoms. The Balaban J connectivity index is 2.21. The lowest BCUT2D eigenvalue weighted by atomic mass is 9.99. The Morgan fingerprint density at radius 1 is 1.50 bits per heavy atom. The Bertz CT molecular complexity index is 390. The van der Waals surface area contributed by atoms with Gasteiger partial charge in [0.1, 0.15) is 0 Å². The lowest BCUT2D eigenvalue weighted by Gasteiger charge is -2.39. The van der Waals surface area contributed by atoms with Crippen molar-refractivity contribution in [1.29, 1.82) is 0 Å². The first-order chi connectivity index (χ1) is 8.65. The molecule has 1 aliphatic rings. The van der Waals surface area contributed by atoms with Crippen LogP contribution in [0.15, 0.2) is 6.20 Å². The van der Waals surface area contributed by atoms with Gasteiger partial charge in [0.15, 0.2) is 0 Å². The third-order valence-corrected chi connectivity index (χ3v) is 3.79. The van der Waals surface area contributed by atoms with Crippen molar-refractivity contribution in [2.45, 2.75) is 26.0 Å². The van der Waals surface area contributed by atoms with Crippen LogP contribution in [0, 0.1) is 6.92 Å². The summed E-state index contributed by atoms with van der Waals surface area (Å²) in [5.41, 5.74) is 2.50. The van der Waals surface area contributed by atoms with Crippen LogP contribution >= 0.6 is 0 Å². The molecule has 1 N–H and O–H groups in total. The molecule has 1 aliphatic heterocycles. The van der Waals surface area contributed by atoms with Crippen molar-refractivity contribution in [3.63, 3.8) is 0 Å². The van der Waals surface area contributed by atoms with E-state index in [1.54, 1.807) is 0 Å². The zero-order valence-corrected chi connectivity index (χ0v) is 11.8. The van der Waals surface area contributed by atoms with Crippen molar-refractivity contribution in [1.82, 2.24) is 20.0 Å². The Labute approximate surface area is 109 Å².